The molecule has 2 aromatic heterocycles. The number of anilines is 1. The van der Waals surface area contributed by atoms with Gasteiger partial charge in [0.05, 0.1) is 0 Å². The van der Waals surface area contributed by atoms with Crippen LogP contribution in [0.1, 0.15) is 32.3 Å². The molecule has 4 aromatic rings. The minimum absolute atomic E-state index is 0.702. The molecule has 26 heavy (non-hydrogen) atoms. The van der Waals surface area contributed by atoms with Crippen molar-refractivity contribution in [1.82, 2.24) is 24.8 Å². The van der Waals surface area contributed by atoms with Crippen LogP contribution >= 0.6 is 0 Å². The van der Waals surface area contributed by atoms with E-state index in [1.54, 1.807) is 0 Å². The normalized spacial score (nSPS) is 11.5. The summed E-state index contributed by atoms with van der Waals surface area (Å²) in [7, 11) is 0. The van der Waals surface area contributed by atoms with Gasteiger partial charge in [-0.25, -0.2) is 4.68 Å². The molecule has 6 heteroatoms. The SMILES string of the molecule is CCCCn1nnnc1NCc1ccc2c(c1)c1ccccc1n2CC. The average Bonchev–Trinajstić information content (AvgIpc) is 3.26. The van der Waals surface area contributed by atoms with Gasteiger partial charge in [-0.3, -0.25) is 0 Å². The molecule has 0 aliphatic heterocycles. The van der Waals surface area contributed by atoms with Crippen molar-refractivity contribution in [3.8, 4) is 0 Å². The van der Waals surface area contributed by atoms with Crippen LogP contribution in [0.5, 0.6) is 0 Å². The second-order valence-corrected chi connectivity index (χ2v) is 6.55. The molecular formula is C20H24N6. The maximum Gasteiger partial charge on any atom is 0.243 e. The zero-order chi connectivity index (χ0) is 17.9. The van der Waals surface area contributed by atoms with E-state index in [2.05, 4.69) is 81.7 Å². The third-order valence-electron chi connectivity index (χ3n) is 4.86. The molecule has 4 rings (SSSR count). The molecule has 0 radical (unpaired) electrons. The first kappa shape index (κ1) is 16.6. The molecule has 0 aliphatic rings. The fourth-order valence-corrected chi connectivity index (χ4v) is 3.52. The summed E-state index contributed by atoms with van der Waals surface area (Å²) in [6.07, 6.45) is 2.19. The molecular weight excluding hydrogens is 324 g/mol. The number of hydrogen-bond donors (Lipinski definition) is 1. The van der Waals surface area contributed by atoms with Gasteiger partial charge in [0.2, 0.25) is 5.95 Å². The van der Waals surface area contributed by atoms with Crippen molar-refractivity contribution in [1.29, 1.82) is 0 Å². The van der Waals surface area contributed by atoms with Gasteiger partial charge in [0, 0.05) is 41.4 Å². The molecule has 0 amide bonds. The number of benzene rings is 2. The fraction of sp³-hybridized carbons (Fsp3) is 0.350. The van der Waals surface area contributed by atoms with Gasteiger partial charge >= 0.3 is 0 Å². The van der Waals surface area contributed by atoms with Crippen molar-refractivity contribution in [3.63, 3.8) is 0 Å². The number of aryl methyl sites for hydroxylation is 2. The molecule has 2 aromatic carbocycles. The van der Waals surface area contributed by atoms with Gasteiger partial charge in [-0.1, -0.05) is 42.7 Å². The van der Waals surface area contributed by atoms with E-state index < -0.39 is 0 Å². The topological polar surface area (TPSA) is 60.6 Å². The van der Waals surface area contributed by atoms with E-state index >= 15 is 0 Å². The molecule has 0 aliphatic carbocycles. The van der Waals surface area contributed by atoms with Crippen LogP contribution in [0.25, 0.3) is 21.8 Å². The van der Waals surface area contributed by atoms with Crippen LogP contribution in [0.4, 0.5) is 5.95 Å². The Morgan fingerprint density at radius 1 is 1.00 bits per heavy atom. The van der Waals surface area contributed by atoms with E-state index in [0.717, 1.165) is 31.9 Å². The number of nitrogens with zero attached hydrogens (tertiary/aromatic N) is 5. The third-order valence-corrected chi connectivity index (χ3v) is 4.86. The van der Waals surface area contributed by atoms with Crippen LogP contribution in [0.3, 0.4) is 0 Å². The first-order valence-electron chi connectivity index (χ1n) is 9.31. The minimum atomic E-state index is 0.702. The molecule has 2 heterocycles. The van der Waals surface area contributed by atoms with Gasteiger partial charge in [-0.15, -0.1) is 0 Å². The molecule has 1 N–H and O–H groups in total. The van der Waals surface area contributed by atoms with E-state index in [0.29, 0.717) is 6.54 Å². The Balaban J connectivity index is 1.62. The van der Waals surface area contributed by atoms with E-state index in [4.69, 9.17) is 0 Å². The standard InChI is InChI=1S/C20H24N6/c1-3-5-12-26-20(22-23-24-26)21-14-15-10-11-19-17(13-15)16-8-6-7-9-18(16)25(19)4-2/h6-11,13H,3-5,12,14H2,1-2H3,(H,21,22,24). The highest BCUT2D eigenvalue weighted by atomic mass is 15.6. The van der Waals surface area contributed by atoms with Gasteiger partial charge in [-0.2, -0.15) is 0 Å². The van der Waals surface area contributed by atoms with Gasteiger partial charge < -0.3 is 9.88 Å². The van der Waals surface area contributed by atoms with Crippen LogP contribution in [0.2, 0.25) is 0 Å². The highest BCUT2D eigenvalue weighted by molar-refractivity contribution is 6.08. The molecule has 0 spiro atoms. The summed E-state index contributed by atoms with van der Waals surface area (Å²) in [4.78, 5) is 0. The molecule has 0 fully saturated rings. The lowest BCUT2D eigenvalue weighted by Crippen LogP contribution is -2.09. The number of rotatable bonds is 7. The largest absolute Gasteiger partial charge is 0.349 e. The number of hydrogen-bond acceptors (Lipinski definition) is 4. The van der Waals surface area contributed by atoms with Crippen molar-refractivity contribution in [2.75, 3.05) is 5.32 Å². The number of aromatic nitrogens is 5. The van der Waals surface area contributed by atoms with Crippen LogP contribution in [0, 0.1) is 0 Å². The van der Waals surface area contributed by atoms with Crippen LogP contribution in [-0.2, 0) is 19.6 Å². The summed E-state index contributed by atoms with van der Waals surface area (Å²) in [5.74, 6) is 0.731. The minimum Gasteiger partial charge on any atom is -0.349 e. The Hall–Kier alpha value is -2.89. The maximum atomic E-state index is 4.10. The zero-order valence-corrected chi connectivity index (χ0v) is 15.3. The van der Waals surface area contributed by atoms with E-state index in [9.17, 15) is 0 Å². The summed E-state index contributed by atoms with van der Waals surface area (Å²) in [6.45, 7) is 6.87. The average molecular weight is 348 g/mol. The molecule has 134 valence electrons. The second-order valence-electron chi connectivity index (χ2n) is 6.55. The van der Waals surface area contributed by atoms with E-state index in [1.807, 2.05) is 4.68 Å². The molecule has 6 nitrogen and oxygen atoms in total. The zero-order valence-electron chi connectivity index (χ0n) is 15.3. The van der Waals surface area contributed by atoms with E-state index in [1.165, 1.54) is 27.4 Å². The maximum absolute atomic E-state index is 4.10. The number of nitrogens with one attached hydrogen (secondary N) is 1. The van der Waals surface area contributed by atoms with Gasteiger partial charge in [0.1, 0.15) is 0 Å². The Bertz CT molecular complexity index is 1030. The summed E-state index contributed by atoms with van der Waals surface area (Å²) < 4.78 is 4.21. The Morgan fingerprint density at radius 3 is 2.69 bits per heavy atom. The Labute approximate surface area is 152 Å². The lowest BCUT2D eigenvalue weighted by molar-refractivity contribution is 0.556. The summed E-state index contributed by atoms with van der Waals surface area (Å²) >= 11 is 0. The molecule has 0 atom stereocenters. The quantitative estimate of drug-likeness (QED) is 0.543. The van der Waals surface area contributed by atoms with Crippen molar-refractivity contribution in [2.24, 2.45) is 0 Å². The third kappa shape index (κ3) is 2.92. The molecule has 0 saturated heterocycles. The number of para-hydroxylation sites is 1. The smallest absolute Gasteiger partial charge is 0.243 e. The molecule has 0 bridgehead atoms. The van der Waals surface area contributed by atoms with Crippen molar-refractivity contribution >= 4 is 27.8 Å². The van der Waals surface area contributed by atoms with Crippen LogP contribution in [-0.4, -0.2) is 24.8 Å². The Morgan fingerprint density at radius 2 is 1.85 bits per heavy atom. The lowest BCUT2D eigenvalue weighted by Gasteiger charge is -2.07. The predicted molar refractivity (Wildman–Crippen MR) is 105 cm³/mol. The first-order valence-corrected chi connectivity index (χ1v) is 9.31. The molecule has 0 saturated carbocycles. The van der Waals surface area contributed by atoms with Crippen molar-refractivity contribution in [2.45, 2.75) is 46.3 Å². The Kier molecular flexibility index (Phi) is 4.56. The highest BCUT2D eigenvalue weighted by Gasteiger charge is 2.10. The second kappa shape index (κ2) is 7.15. The number of tetrazole rings is 1. The van der Waals surface area contributed by atoms with Crippen molar-refractivity contribution in [3.05, 3.63) is 48.0 Å². The van der Waals surface area contributed by atoms with Gasteiger partial charge in [0.25, 0.3) is 0 Å². The summed E-state index contributed by atoms with van der Waals surface area (Å²) in [6, 6.07) is 15.3. The van der Waals surface area contributed by atoms with Crippen molar-refractivity contribution < 1.29 is 0 Å². The lowest BCUT2D eigenvalue weighted by atomic mass is 10.1. The number of fused-ring (bicyclic) bond motifs is 3. The predicted octanol–water partition coefficient (Wildman–Crippen LogP) is 4.21. The van der Waals surface area contributed by atoms with Gasteiger partial charge in [0.15, 0.2) is 0 Å². The fourth-order valence-electron chi connectivity index (χ4n) is 3.52. The molecule has 0 unspecified atom stereocenters. The van der Waals surface area contributed by atoms with Gasteiger partial charge in [-0.05, 0) is 47.5 Å². The number of unbranched alkanes of at least 4 members (excludes halogenated alkanes) is 1. The van der Waals surface area contributed by atoms with Crippen LogP contribution in [0.15, 0.2) is 42.5 Å². The summed E-state index contributed by atoms with van der Waals surface area (Å²) in [5, 5.41) is 17.9. The summed E-state index contributed by atoms with van der Waals surface area (Å²) in [5.41, 5.74) is 3.80. The highest BCUT2D eigenvalue weighted by Crippen LogP contribution is 2.29. The van der Waals surface area contributed by atoms with Crippen LogP contribution < -0.4 is 5.32 Å². The first-order chi connectivity index (χ1) is 12.8. The van der Waals surface area contributed by atoms with E-state index in [-0.39, 0.29) is 0 Å². The monoisotopic (exact) mass is 348 g/mol.